The minimum Gasteiger partial charge on any atom is -0.436 e. The Hall–Kier alpha value is -4.46. The first kappa shape index (κ1) is 25.8. The number of anilines is 1. The number of carbonyl (C=O) groups excluding carboxylic acids is 1. The van der Waals surface area contributed by atoms with E-state index < -0.39 is 11.9 Å². The van der Waals surface area contributed by atoms with E-state index in [4.69, 9.17) is 4.42 Å². The lowest BCUT2D eigenvalue weighted by atomic mass is 9.97. The highest BCUT2D eigenvalue weighted by Gasteiger charge is 2.34. The van der Waals surface area contributed by atoms with Gasteiger partial charge in [0.25, 0.3) is 5.91 Å². The van der Waals surface area contributed by atoms with Crippen LogP contribution >= 0.6 is 0 Å². The van der Waals surface area contributed by atoms with Gasteiger partial charge in [0.05, 0.1) is 11.6 Å². The molecule has 1 aliphatic heterocycles. The Bertz CT molecular complexity index is 1600. The van der Waals surface area contributed by atoms with Crippen molar-refractivity contribution in [2.45, 2.75) is 37.8 Å². The maximum Gasteiger partial charge on any atom is 0.433 e. The van der Waals surface area contributed by atoms with Gasteiger partial charge < -0.3 is 14.6 Å². The first-order valence-corrected chi connectivity index (χ1v) is 13.2. The van der Waals surface area contributed by atoms with Crippen molar-refractivity contribution in [3.63, 3.8) is 0 Å². The highest BCUT2D eigenvalue weighted by atomic mass is 19.4. The minimum atomic E-state index is -4.51. The van der Waals surface area contributed by atoms with Gasteiger partial charge in [0.15, 0.2) is 5.58 Å². The first-order chi connectivity index (χ1) is 19.3. The van der Waals surface area contributed by atoms with E-state index in [-0.39, 0.29) is 17.8 Å². The Morgan fingerprint density at radius 3 is 2.50 bits per heavy atom. The van der Waals surface area contributed by atoms with Crippen molar-refractivity contribution < 1.29 is 22.4 Å². The van der Waals surface area contributed by atoms with Crippen LogP contribution in [0.25, 0.3) is 22.6 Å². The molecule has 1 N–H and O–H groups in total. The molecule has 0 atom stereocenters. The van der Waals surface area contributed by atoms with Gasteiger partial charge >= 0.3 is 6.18 Å². The van der Waals surface area contributed by atoms with Gasteiger partial charge in [0, 0.05) is 42.5 Å². The number of alkyl halides is 3. The van der Waals surface area contributed by atoms with Crippen LogP contribution in [0.4, 0.5) is 19.1 Å². The van der Waals surface area contributed by atoms with Crippen molar-refractivity contribution in [3.8, 4) is 17.5 Å². The summed E-state index contributed by atoms with van der Waals surface area (Å²) in [5.41, 5.74) is 3.24. The van der Waals surface area contributed by atoms with E-state index in [1.165, 1.54) is 0 Å². The maximum atomic E-state index is 13.0. The predicted octanol–water partition coefficient (Wildman–Crippen LogP) is 5.70. The van der Waals surface area contributed by atoms with Crippen molar-refractivity contribution in [1.82, 2.24) is 20.3 Å². The summed E-state index contributed by atoms with van der Waals surface area (Å²) in [6, 6.07) is 13.7. The molecular weight excluding hydrogens is 521 g/mol. The average molecular weight is 547 g/mol. The molecule has 3 heterocycles. The van der Waals surface area contributed by atoms with Gasteiger partial charge in [0.1, 0.15) is 11.2 Å². The van der Waals surface area contributed by atoms with Crippen molar-refractivity contribution in [2.24, 2.45) is 5.92 Å². The number of carbonyl (C=O) groups is 1. The number of nitriles is 1. The number of nitrogens with one attached hydrogen (secondary N) is 1. The predicted molar refractivity (Wildman–Crippen MR) is 140 cm³/mol. The zero-order valence-corrected chi connectivity index (χ0v) is 21.4. The van der Waals surface area contributed by atoms with Gasteiger partial charge in [-0.3, -0.25) is 4.79 Å². The van der Waals surface area contributed by atoms with Crippen LogP contribution in [0.3, 0.4) is 0 Å². The smallest absolute Gasteiger partial charge is 0.433 e. The number of benzene rings is 2. The molecule has 0 radical (unpaired) electrons. The monoisotopic (exact) mass is 546 g/mol. The molecule has 0 bridgehead atoms. The van der Waals surface area contributed by atoms with Crippen molar-refractivity contribution >= 4 is 23.0 Å². The van der Waals surface area contributed by atoms with Crippen LogP contribution in [0.15, 0.2) is 53.1 Å². The molecule has 2 aliphatic rings. The Morgan fingerprint density at radius 2 is 1.82 bits per heavy atom. The second kappa shape index (κ2) is 10.3. The summed E-state index contributed by atoms with van der Waals surface area (Å²) in [4.78, 5) is 26.8. The van der Waals surface area contributed by atoms with Gasteiger partial charge in [-0.15, -0.1) is 0 Å². The van der Waals surface area contributed by atoms with Crippen molar-refractivity contribution in [2.75, 3.05) is 24.5 Å². The average Bonchev–Trinajstić information content (AvgIpc) is 3.73. The Morgan fingerprint density at radius 1 is 1.07 bits per heavy atom. The van der Waals surface area contributed by atoms with Gasteiger partial charge in [0.2, 0.25) is 11.8 Å². The Balaban J connectivity index is 1.05. The van der Waals surface area contributed by atoms with E-state index in [9.17, 15) is 23.2 Å². The molecular formula is C29H25F3N6O2. The second-order valence-corrected chi connectivity index (χ2v) is 10.3. The standard InChI is InChI=1S/C29H25F3N6O2/c30-29(31,32)24-7-10-34-28(37-24)38-11-8-17(9-12-38)16-35-26(39)20-3-5-21(6-4-20)27-36-23-14-18(15-33)13-22(19-1-2-19)25(23)40-27/h3-7,10,13-14,17,19H,1-2,8-9,11-12,16H2,(H,35,39). The largest absolute Gasteiger partial charge is 0.436 e. The molecule has 40 heavy (non-hydrogen) atoms. The van der Waals surface area contributed by atoms with E-state index in [0.29, 0.717) is 66.5 Å². The molecule has 4 aromatic rings. The Labute approximate surface area is 227 Å². The molecule has 8 nitrogen and oxygen atoms in total. The fraction of sp³-hybridized carbons (Fsp3) is 0.345. The molecule has 0 spiro atoms. The molecule has 204 valence electrons. The minimum absolute atomic E-state index is 0.0746. The maximum absolute atomic E-state index is 13.0. The van der Waals surface area contributed by atoms with Crippen LogP contribution in [-0.4, -0.2) is 40.5 Å². The van der Waals surface area contributed by atoms with E-state index >= 15 is 0 Å². The van der Waals surface area contributed by atoms with Crippen LogP contribution in [0.5, 0.6) is 0 Å². The number of fused-ring (bicyclic) bond motifs is 1. The number of amides is 1. The molecule has 11 heteroatoms. The quantitative estimate of drug-likeness (QED) is 0.331. The lowest BCUT2D eigenvalue weighted by molar-refractivity contribution is -0.141. The third-order valence-electron chi connectivity index (χ3n) is 7.44. The summed E-state index contributed by atoms with van der Waals surface area (Å²) in [6.45, 7) is 1.49. The van der Waals surface area contributed by atoms with Crippen LogP contribution in [0.2, 0.25) is 0 Å². The van der Waals surface area contributed by atoms with E-state index in [0.717, 1.165) is 36.2 Å². The lowest BCUT2D eigenvalue weighted by Gasteiger charge is -2.32. The molecule has 0 unspecified atom stereocenters. The third kappa shape index (κ3) is 5.34. The van der Waals surface area contributed by atoms with Crippen molar-refractivity contribution in [3.05, 3.63) is 71.0 Å². The number of aromatic nitrogens is 3. The number of hydrogen-bond donors (Lipinski definition) is 1. The summed E-state index contributed by atoms with van der Waals surface area (Å²) >= 11 is 0. The van der Waals surface area contributed by atoms with Crippen LogP contribution in [-0.2, 0) is 6.18 Å². The molecule has 6 rings (SSSR count). The molecule has 1 saturated carbocycles. The number of rotatable bonds is 6. The van der Waals surface area contributed by atoms with Crippen LogP contribution in [0.1, 0.15) is 58.8 Å². The summed E-state index contributed by atoms with van der Waals surface area (Å²) in [6.07, 6.45) is 0.172. The van der Waals surface area contributed by atoms with Crippen molar-refractivity contribution in [1.29, 1.82) is 5.26 Å². The van der Waals surface area contributed by atoms with Gasteiger partial charge in [-0.25, -0.2) is 15.0 Å². The summed E-state index contributed by atoms with van der Waals surface area (Å²) < 4.78 is 45.0. The number of halogens is 3. The van der Waals surface area contributed by atoms with E-state index in [2.05, 4.69) is 26.3 Å². The van der Waals surface area contributed by atoms with Crippen LogP contribution < -0.4 is 10.2 Å². The fourth-order valence-corrected chi connectivity index (χ4v) is 5.04. The van der Waals surface area contributed by atoms with Gasteiger partial charge in [-0.2, -0.15) is 18.4 Å². The van der Waals surface area contributed by atoms with E-state index in [1.807, 2.05) is 6.07 Å². The number of nitrogens with zero attached hydrogens (tertiary/aromatic N) is 5. The zero-order chi connectivity index (χ0) is 27.9. The Kier molecular flexibility index (Phi) is 6.62. The summed E-state index contributed by atoms with van der Waals surface area (Å²) in [5, 5.41) is 12.3. The highest BCUT2D eigenvalue weighted by molar-refractivity contribution is 5.94. The number of oxazole rings is 1. The third-order valence-corrected chi connectivity index (χ3v) is 7.44. The van der Waals surface area contributed by atoms with E-state index in [1.54, 1.807) is 35.2 Å². The summed E-state index contributed by atoms with van der Waals surface area (Å²) in [5.74, 6) is 0.913. The second-order valence-electron chi connectivity index (χ2n) is 10.3. The lowest BCUT2D eigenvalue weighted by Crippen LogP contribution is -2.39. The molecule has 1 amide bonds. The zero-order valence-electron chi connectivity index (χ0n) is 21.4. The van der Waals surface area contributed by atoms with Gasteiger partial charge in [-0.05, 0) is 80.0 Å². The van der Waals surface area contributed by atoms with Gasteiger partial charge in [-0.1, -0.05) is 0 Å². The summed E-state index contributed by atoms with van der Waals surface area (Å²) in [7, 11) is 0. The molecule has 1 saturated heterocycles. The highest BCUT2D eigenvalue weighted by Crippen LogP contribution is 2.44. The topological polar surface area (TPSA) is 108 Å². The fourth-order valence-electron chi connectivity index (χ4n) is 5.04. The van der Waals surface area contributed by atoms with Crippen LogP contribution in [0, 0.1) is 17.2 Å². The number of piperidine rings is 1. The number of hydrogen-bond acceptors (Lipinski definition) is 7. The molecule has 2 aromatic heterocycles. The first-order valence-electron chi connectivity index (χ1n) is 13.2. The molecule has 1 aliphatic carbocycles. The normalized spacial score (nSPS) is 16.2. The molecule has 2 fully saturated rings. The SMILES string of the molecule is N#Cc1cc(C2CC2)c2oc(-c3ccc(C(=O)NCC4CCN(c5nccc(C(F)(F)F)n5)CC4)cc3)nc2c1. The molecule has 2 aromatic carbocycles.